The van der Waals surface area contributed by atoms with Gasteiger partial charge in [0.15, 0.2) is 0 Å². The van der Waals surface area contributed by atoms with E-state index in [1.807, 2.05) is 11.3 Å². The molecule has 3 heterocycles. The molecule has 0 unspecified atom stereocenters. The lowest BCUT2D eigenvalue weighted by atomic mass is 9.93. The van der Waals surface area contributed by atoms with Gasteiger partial charge in [0, 0.05) is 10.8 Å². The van der Waals surface area contributed by atoms with Crippen LogP contribution in [0, 0.1) is 0 Å². The molecule has 1 atom stereocenters. The maximum atomic E-state index is 4.89. The fraction of sp³-hybridized carbons (Fsp3) is 0.474. The van der Waals surface area contributed by atoms with Crippen LogP contribution in [0.5, 0.6) is 0 Å². The van der Waals surface area contributed by atoms with Crippen molar-refractivity contribution in [3.63, 3.8) is 0 Å². The van der Waals surface area contributed by atoms with Gasteiger partial charge >= 0.3 is 0 Å². The smallest absolute Gasteiger partial charge is 0.111 e. The number of rotatable bonds is 3. The van der Waals surface area contributed by atoms with Crippen molar-refractivity contribution in [2.75, 3.05) is 6.54 Å². The Morgan fingerprint density at radius 1 is 1.21 bits per heavy atom. The molecule has 3 nitrogen and oxygen atoms in total. The minimum absolute atomic E-state index is 0.131. The van der Waals surface area contributed by atoms with Gasteiger partial charge in [-0.05, 0) is 31.5 Å². The van der Waals surface area contributed by atoms with Crippen molar-refractivity contribution < 1.29 is 0 Å². The van der Waals surface area contributed by atoms with Gasteiger partial charge in [0.1, 0.15) is 10.0 Å². The zero-order valence-corrected chi connectivity index (χ0v) is 16.1. The lowest BCUT2D eigenvalue weighted by molar-refractivity contribution is 0.247. The zero-order chi connectivity index (χ0) is 16.7. The molecule has 0 spiro atoms. The average Bonchev–Trinajstić information content (AvgIpc) is 3.25. The van der Waals surface area contributed by atoms with Crippen molar-refractivity contribution >= 4 is 32.9 Å². The molecule has 24 heavy (non-hydrogen) atoms. The van der Waals surface area contributed by atoms with Gasteiger partial charge in [-0.2, -0.15) is 0 Å². The van der Waals surface area contributed by atoms with E-state index in [0.717, 1.165) is 18.6 Å². The number of nitrogens with zero attached hydrogens (tertiary/aromatic N) is 3. The summed E-state index contributed by atoms with van der Waals surface area (Å²) in [6, 6.07) is 8.91. The number of para-hydroxylation sites is 1. The topological polar surface area (TPSA) is 29.0 Å². The Bertz CT molecular complexity index is 811. The predicted octanol–water partition coefficient (Wildman–Crippen LogP) is 5.39. The van der Waals surface area contributed by atoms with Gasteiger partial charge in [-0.15, -0.1) is 22.7 Å². The largest absolute Gasteiger partial charge is 0.287 e. The van der Waals surface area contributed by atoms with Crippen molar-refractivity contribution in [1.29, 1.82) is 0 Å². The Morgan fingerprint density at radius 2 is 2.04 bits per heavy atom. The van der Waals surface area contributed by atoms with Crippen molar-refractivity contribution in [1.82, 2.24) is 14.9 Å². The molecule has 5 heteroatoms. The summed E-state index contributed by atoms with van der Waals surface area (Å²) in [7, 11) is 0. The van der Waals surface area contributed by atoms with E-state index in [1.165, 1.54) is 33.3 Å². The molecule has 0 amide bonds. The van der Waals surface area contributed by atoms with Crippen molar-refractivity contribution in [2.24, 2.45) is 0 Å². The van der Waals surface area contributed by atoms with Crippen LogP contribution in [0.1, 0.15) is 55.4 Å². The van der Waals surface area contributed by atoms with Crippen LogP contribution in [-0.4, -0.2) is 21.4 Å². The number of aromatic nitrogens is 2. The van der Waals surface area contributed by atoms with Crippen molar-refractivity contribution in [3.8, 4) is 0 Å². The summed E-state index contributed by atoms with van der Waals surface area (Å²) in [5.41, 5.74) is 2.47. The monoisotopic (exact) mass is 357 g/mol. The summed E-state index contributed by atoms with van der Waals surface area (Å²) in [5.74, 6) is 0. The summed E-state index contributed by atoms with van der Waals surface area (Å²) < 4.78 is 1.30. The minimum Gasteiger partial charge on any atom is -0.287 e. The number of hydrogen-bond acceptors (Lipinski definition) is 5. The third-order valence-electron chi connectivity index (χ3n) is 4.62. The van der Waals surface area contributed by atoms with E-state index in [4.69, 9.17) is 9.97 Å². The fourth-order valence-electron chi connectivity index (χ4n) is 3.23. The molecular formula is C19H23N3S2. The Kier molecular flexibility index (Phi) is 4.19. The maximum absolute atomic E-state index is 4.89. The quantitative estimate of drug-likeness (QED) is 0.629. The second-order valence-electron chi connectivity index (χ2n) is 7.52. The maximum Gasteiger partial charge on any atom is 0.111 e. The molecule has 0 radical (unpaired) electrons. The Labute approximate surface area is 151 Å². The minimum atomic E-state index is 0.131. The molecule has 1 fully saturated rings. The van der Waals surface area contributed by atoms with Crippen LogP contribution in [0.2, 0.25) is 0 Å². The van der Waals surface area contributed by atoms with E-state index in [-0.39, 0.29) is 5.41 Å². The van der Waals surface area contributed by atoms with Gasteiger partial charge in [0.2, 0.25) is 0 Å². The first-order valence-electron chi connectivity index (χ1n) is 8.55. The number of fused-ring (bicyclic) bond motifs is 1. The lowest BCUT2D eigenvalue weighted by Crippen LogP contribution is -2.22. The predicted molar refractivity (Wildman–Crippen MR) is 103 cm³/mol. The molecule has 1 aromatic carbocycles. The zero-order valence-electron chi connectivity index (χ0n) is 14.5. The molecule has 3 aromatic rings. The Hall–Kier alpha value is -1.30. The van der Waals surface area contributed by atoms with E-state index in [2.05, 4.69) is 55.3 Å². The standard InChI is InChI=1S/C19H23N3S2/c1-19(2,3)16-12-23-17(21-16)11-22-10-6-8-14(22)18-20-13-7-4-5-9-15(13)24-18/h4-5,7,9,12,14H,6,8,10-11H2,1-3H3/t14-/m0/s1. The molecule has 126 valence electrons. The fourth-order valence-corrected chi connectivity index (χ4v) is 5.41. The number of hydrogen-bond donors (Lipinski definition) is 0. The van der Waals surface area contributed by atoms with E-state index >= 15 is 0 Å². The first kappa shape index (κ1) is 16.2. The van der Waals surface area contributed by atoms with Crippen LogP contribution in [0.15, 0.2) is 29.6 Å². The summed E-state index contributed by atoms with van der Waals surface area (Å²) in [4.78, 5) is 12.3. The molecule has 0 bridgehead atoms. The highest BCUT2D eigenvalue weighted by Crippen LogP contribution is 2.37. The summed E-state index contributed by atoms with van der Waals surface area (Å²) >= 11 is 3.64. The Morgan fingerprint density at radius 3 is 2.79 bits per heavy atom. The van der Waals surface area contributed by atoms with Gasteiger partial charge in [-0.1, -0.05) is 32.9 Å². The Balaban J connectivity index is 1.55. The third kappa shape index (κ3) is 3.13. The highest BCUT2D eigenvalue weighted by molar-refractivity contribution is 7.18. The van der Waals surface area contributed by atoms with Gasteiger partial charge in [-0.3, -0.25) is 4.90 Å². The second-order valence-corrected chi connectivity index (χ2v) is 9.53. The molecule has 1 saturated heterocycles. The first-order valence-corrected chi connectivity index (χ1v) is 10.2. The molecule has 1 aliphatic rings. The molecule has 0 N–H and O–H groups in total. The highest BCUT2D eigenvalue weighted by atomic mass is 32.1. The van der Waals surface area contributed by atoms with E-state index in [0.29, 0.717) is 6.04 Å². The summed E-state index contributed by atoms with van der Waals surface area (Å²) in [6.45, 7) is 8.77. The van der Waals surface area contributed by atoms with E-state index in [1.54, 1.807) is 11.3 Å². The third-order valence-corrected chi connectivity index (χ3v) is 6.59. The number of benzene rings is 1. The molecule has 2 aromatic heterocycles. The normalized spacial score (nSPS) is 19.4. The summed E-state index contributed by atoms with van der Waals surface area (Å²) in [5, 5.41) is 4.72. The van der Waals surface area contributed by atoms with Gasteiger partial charge < -0.3 is 0 Å². The first-order chi connectivity index (χ1) is 11.5. The SMILES string of the molecule is CC(C)(C)c1csc(CN2CCC[C@H]2c2nc3ccccc3s2)n1. The molecule has 0 saturated carbocycles. The van der Waals surface area contributed by atoms with Crippen LogP contribution in [-0.2, 0) is 12.0 Å². The lowest BCUT2D eigenvalue weighted by Gasteiger charge is -2.21. The summed E-state index contributed by atoms with van der Waals surface area (Å²) in [6.07, 6.45) is 2.45. The van der Waals surface area contributed by atoms with Crippen LogP contribution in [0.3, 0.4) is 0 Å². The number of likely N-dealkylation sites (tertiary alicyclic amines) is 1. The van der Waals surface area contributed by atoms with Crippen LogP contribution in [0.4, 0.5) is 0 Å². The number of thiazole rings is 2. The van der Waals surface area contributed by atoms with Crippen molar-refractivity contribution in [3.05, 3.63) is 45.4 Å². The molecule has 0 aliphatic carbocycles. The van der Waals surface area contributed by atoms with Gasteiger partial charge in [0.05, 0.1) is 28.5 Å². The van der Waals surface area contributed by atoms with E-state index < -0.39 is 0 Å². The molecule has 1 aliphatic heterocycles. The second kappa shape index (κ2) is 6.21. The molecular weight excluding hydrogens is 334 g/mol. The van der Waals surface area contributed by atoms with Crippen LogP contribution < -0.4 is 0 Å². The van der Waals surface area contributed by atoms with Crippen LogP contribution >= 0.6 is 22.7 Å². The van der Waals surface area contributed by atoms with Crippen LogP contribution in [0.25, 0.3) is 10.2 Å². The van der Waals surface area contributed by atoms with Crippen molar-refractivity contribution in [2.45, 2.75) is 51.6 Å². The van der Waals surface area contributed by atoms with Gasteiger partial charge in [-0.25, -0.2) is 9.97 Å². The van der Waals surface area contributed by atoms with Gasteiger partial charge in [0.25, 0.3) is 0 Å². The van der Waals surface area contributed by atoms with E-state index in [9.17, 15) is 0 Å². The average molecular weight is 358 g/mol. The molecule has 4 rings (SSSR count). The highest BCUT2D eigenvalue weighted by Gasteiger charge is 2.29.